The van der Waals surface area contributed by atoms with Gasteiger partial charge in [0.05, 0.1) is 0 Å². The summed E-state index contributed by atoms with van der Waals surface area (Å²) in [6, 6.07) is 0. The zero-order valence-corrected chi connectivity index (χ0v) is 9.72. The van der Waals surface area contributed by atoms with Gasteiger partial charge in [0.25, 0.3) is 0 Å². The van der Waals surface area contributed by atoms with Crippen molar-refractivity contribution in [3.63, 3.8) is 0 Å². The van der Waals surface area contributed by atoms with E-state index in [4.69, 9.17) is 16.7 Å². The molecule has 0 aromatic carbocycles. The Morgan fingerprint density at radius 1 is 1.21 bits per heavy atom. The van der Waals surface area contributed by atoms with E-state index in [1.807, 2.05) is 0 Å². The minimum atomic E-state index is -0.748. The Morgan fingerprint density at radius 2 is 1.86 bits per heavy atom. The van der Waals surface area contributed by atoms with E-state index in [9.17, 15) is 4.79 Å². The lowest BCUT2D eigenvalue weighted by molar-refractivity contribution is -0.137. The van der Waals surface area contributed by atoms with Crippen LogP contribution in [0.1, 0.15) is 58.3 Å². The standard InChI is InChI=1S/C11H21ClO2/c1-2-3-4-5-6-7-10(12)8-9-11(13)14/h10H,2-9H2,1H3,(H,13,14). The molecule has 1 unspecified atom stereocenters. The van der Waals surface area contributed by atoms with E-state index >= 15 is 0 Å². The molecule has 0 saturated carbocycles. The molecule has 1 atom stereocenters. The van der Waals surface area contributed by atoms with Crippen LogP contribution in [-0.4, -0.2) is 16.5 Å². The number of unbranched alkanes of at least 4 members (excludes halogenated alkanes) is 4. The molecule has 0 aliphatic rings. The van der Waals surface area contributed by atoms with Crippen molar-refractivity contribution in [1.82, 2.24) is 0 Å². The third kappa shape index (κ3) is 9.85. The molecule has 1 N–H and O–H groups in total. The van der Waals surface area contributed by atoms with Gasteiger partial charge in [0.2, 0.25) is 0 Å². The first kappa shape index (κ1) is 13.8. The molecule has 0 amide bonds. The predicted molar refractivity (Wildman–Crippen MR) is 59.9 cm³/mol. The summed E-state index contributed by atoms with van der Waals surface area (Å²) in [5.74, 6) is -0.748. The topological polar surface area (TPSA) is 37.3 Å². The zero-order chi connectivity index (χ0) is 10.8. The van der Waals surface area contributed by atoms with Crippen LogP contribution in [0.5, 0.6) is 0 Å². The fourth-order valence-electron chi connectivity index (χ4n) is 1.39. The van der Waals surface area contributed by atoms with Gasteiger partial charge in [0.1, 0.15) is 0 Å². The number of carbonyl (C=O) groups is 1. The van der Waals surface area contributed by atoms with Crippen molar-refractivity contribution in [1.29, 1.82) is 0 Å². The van der Waals surface area contributed by atoms with Gasteiger partial charge < -0.3 is 5.11 Å². The molecule has 84 valence electrons. The monoisotopic (exact) mass is 220 g/mol. The van der Waals surface area contributed by atoms with Crippen molar-refractivity contribution in [2.75, 3.05) is 0 Å². The normalized spacial score (nSPS) is 12.7. The number of hydrogen-bond donors (Lipinski definition) is 1. The molecule has 0 aromatic rings. The maximum Gasteiger partial charge on any atom is 0.303 e. The van der Waals surface area contributed by atoms with Crippen LogP contribution >= 0.6 is 11.6 Å². The van der Waals surface area contributed by atoms with E-state index in [1.54, 1.807) is 0 Å². The van der Waals surface area contributed by atoms with Crippen molar-refractivity contribution >= 4 is 17.6 Å². The lowest BCUT2D eigenvalue weighted by Crippen LogP contribution is -2.03. The van der Waals surface area contributed by atoms with E-state index in [1.165, 1.54) is 25.7 Å². The highest BCUT2D eigenvalue weighted by molar-refractivity contribution is 6.20. The van der Waals surface area contributed by atoms with Gasteiger partial charge in [-0.15, -0.1) is 11.6 Å². The smallest absolute Gasteiger partial charge is 0.303 e. The molecule has 0 radical (unpaired) electrons. The molecule has 0 aliphatic carbocycles. The fourth-order valence-corrected chi connectivity index (χ4v) is 1.66. The quantitative estimate of drug-likeness (QED) is 0.474. The first-order valence-corrected chi connectivity index (χ1v) is 5.96. The van der Waals surface area contributed by atoms with Crippen molar-refractivity contribution in [2.24, 2.45) is 0 Å². The summed E-state index contributed by atoms with van der Waals surface area (Å²) in [4.78, 5) is 10.3. The van der Waals surface area contributed by atoms with Gasteiger partial charge in [0.15, 0.2) is 0 Å². The van der Waals surface area contributed by atoms with E-state index in [-0.39, 0.29) is 11.8 Å². The highest BCUT2D eigenvalue weighted by Gasteiger charge is 2.06. The van der Waals surface area contributed by atoms with Crippen LogP contribution in [0.15, 0.2) is 0 Å². The van der Waals surface area contributed by atoms with E-state index in [2.05, 4.69) is 6.92 Å². The molecular weight excluding hydrogens is 200 g/mol. The molecule has 0 spiro atoms. The maximum atomic E-state index is 10.3. The lowest BCUT2D eigenvalue weighted by atomic mass is 10.1. The summed E-state index contributed by atoms with van der Waals surface area (Å²) in [6.45, 7) is 2.19. The van der Waals surface area contributed by atoms with Gasteiger partial charge in [-0.1, -0.05) is 39.0 Å². The van der Waals surface area contributed by atoms with Crippen molar-refractivity contribution < 1.29 is 9.90 Å². The highest BCUT2D eigenvalue weighted by atomic mass is 35.5. The van der Waals surface area contributed by atoms with Crippen molar-refractivity contribution in [3.8, 4) is 0 Å². The average molecular weight is 221 g/mol. The Kier molecular flexibility index (Phi) is 9.16. The van der Waals surface area contributed by atoms with Crippen LogP contribution in [-0.2, 0) is 4.79 Å². The molecule has 0 fully saturated rings. The van der Waals surface area contributed by atoms with Crippen molar-refractivity contribution in [2.45, 2.75) is 63.7 Å². The highest BCUT2D eigenvalue weighted by Crippen LogP contribution is 2.15. The minimum Gasteiger partial charge on any atom is -0.481 e. The van der Waals surface area contributed by atoms with Crippen LogP contribution in [0.2, 0.25) is 0 Å². The Balaban J connectivity index is 3.18. The SMILES string of the molecule is CCCCCCCC(Cl)CCC(=O)O. The summed E-state index contributed by atoms with van der Waals surface area (Å²) in [6.07, 6.45) is 7.94. The summed E-state index contributed by atoms with van der Waals surface area (Å²) >= 11 is 5.97. The first-order valence-electron chi connectivity index (χ1n) is 5.52. The van der Waals surface area contributed by atoms with Gasteiger partial charge in [-0.3, -0.25) is 4.79 Å². The van der Waals surface area contributed by atoms with Crippen LogP contribution < -0.4 is 0 Å². The van der Waals surface area contributed by atoms with Crippen LogP contribution in [0.3, 0.4) is 0 Å². The van der Waals surface area contributed by atoms with Crippen LogP contribution in [0.25, 0.3) is 0 Å². The largest absolute Gasteiger partial charge is 0.481 e. The number of alkyl halides is 1. The van der Waals surface area contributed by atoms with E-state index in [0.29, 0.717) is 6.42 Å². The molecule has 0 heterocycles. The number of carboxylic acids is 1. The van der Waals surface area contributed by atoms with E-state index in [0.717, 1.165) is 12.8 Å². The third-order valence-electron chi connectivity index (χ3n) is 2.29. The minimum absolute atomic E-state index is 0.0488. The van der Waals surface area contributed by atoms with Gasteiger partial charge in [-0.25, -0.2) is 0 Å². The zero-order valence-electron chi connectivity index (χ0n) is 8.97. The molecule has 0 bridgehead atoms. The Morgan fingerprint density at radius 3 is 2.43 bits per heavy atom. The van der Waals surface area contributed by atoms with Gasteiger partial charge in [-0.05, 0) is 12.8 Å². The molecule has 2 nitrogen and oxygen atoms in total. The molecule has 0 aromatic heterocycles. The Labute approximate surface area is 91.6 Å². The van der Waals surface area contributed by atoms with E-state index < -0.39 is 5.97 Å². The van der Waals surface area contributed by atoms with Gasteiger partial charge in [0, 0.05) is 11.8 Å². The van der Waals surface area contributed by atoms with Gasteiger partial charge in [-0.2, -0.15) is 0 Å². The molecule has 14 heavy (non-hydrogen) atoms. The second-order valence-corrected chi connectivity index (χ2v) is 4.35. The molecule has 0 aliphatic heterocycles. The number of rotatable bonds is 9. The second kappa shape index (κ2) is 9.32. The number of carboxylic acid groups (broad SMARTS) is 1. The third-order valence-corrected chi connectivity index (χ3v) is 2.73. The number of halogens is 1. The summed E-state index contributed by atoms with van der Waals surface area (Å²) < 4.78 is 0. The average Bonchev–Trinajstić information content (AvgIpc) is 2.14. The van der Waals surface area contributed by atoms with Crippen LogP contribution in [0, 0.1) is 0 Å². The van der Waals surface area contributed by atoms with Crippen molar-refractivity contribution in [3.05, 3.63) is 0 Å². The summed E-state index contributed by atoms with van der Waals surface area (Å²) in [5, 5.41) is 8.49. The first-order chi connectivity index (χ1) is 6.66. The van der Waals surface area contributed by atoms with Gasteiger partial charge >= 0.3 is 5.97 Å². The second-order valence-electron chi connectivity index (χ2n) is 3.73. The molecular formula is C11H21ClO2. The fraction of sp³-hybridized carbons (Fsp3) is 0.909. The predicted octanol–water partition coefficient (Wildman–Crippen LogP) is 3.82. The lowest BCUT2D eigenvalue weighted by Gasteiger charge is -2.06. The Hall–Kier alpha value is -0.240. The summed E-state index contributed by atoms with van der Waals surface area (Å²) in [5.41, 5.74) is 0. The molecule has 0 rings (SSSR count). The molecule has 3 heteroatoms. The number of aliphatic carboxylic acids is 1. The maximum absolute atomic E-state index is 10.3. The summed E-state index contributed by atoms with van der Waals surface area (Å²) in [7, 11) is 0. The number of hydrogen-bond acceptors (Lipinski definition) is 1. The molecule has 0 saturated heterocycles. The Bertz CT molecular complexity index is 148. The van der Waals surface area contributed by atoms with Crippen LogP contribution in [0.4, 0.5) is 0 Å².